The molecule has 0 aliphatic carbocycles. The van der Waals surface area contributed by atoms with Crippen molar-refractivity contribution in [1.29, 1.82) is 0 Å². The molecule has 0 atom stereocenters. The molecular weight excluding hydrogens is 330 g/mol. The van der Waals surface area contributed by atoms with Gasteiger partial charge in [-0.05, 0) is 30.2 Å². The largest absolute Gasteiger partial charge is 0.352 e. The molecule has 0 fully saturated rings. The first kappa shape index (κ1) is 17.7. The minimum absolute atomic E-state index is 0.0271. The quantitative estimate of drug-likeness (QED) is 0.868. The second-order valence-electron chi connectivity index (χ2n) is 6.25. The van der Waals surface area contributed by atoms with Crippen LogP contribution in [0.15, 0.2) is 48.5 Å². The monoisotopic (exact) mass is 351 g/mol. The highest BCUT2D eigenvalue weighted by Crippen LogP contribution is 2.29. The lowest BCUT2D eigenvalue weighted by molar-refractivity contribution is -0.125. The molecule has 0 saturated heterocycles. The van der Waals surface area contributed by atoms with E-state index in [1.165, 1.54) is 4.90 Å². The van der Waals surface area contributed by atoms with Crippen LogP contribution >= 0.6 is 0 Å². The molecule has 0 radical (unpaired) electrons. The molecule has 0 bridgehead atoms. The van der Waals surface area contributed by atoms with Gasteiger partial charge in [0.2, 0.25) is 17.7 Å². The SMILES string of the molecule is Cc1ccccc1CNC(=O)CCC(=O)N1CC(=O)Nc2ccccc21. The maximum atomic E-state index is 12.5. The number of nitrogens with one attached hydrogen (secondary N) is 2. The fourth-order valence-electron chi connectivity index (χ4n) is 2.90. The molecule has 6 nitrogen and oxygen atoms in total. The Balaban J connectivity index is 1.55. The summed E-state index contributed by atoms with van der Waals surface area (Å²) in [6, 6.07) is 15.0. The fourth-order valence-corrected chi connectivity index (χ4v) is 2.90. The number of carbonyl (C=O) groups is 3. The summed E-state index contributed by atoms with van der Waals surface area (Å²) in [5.41, 5.74) is 3.44. The predicted octanol–water partition coefficient (Wildman–Crippen LogP) is 2.38. The minimum atomic E-state index is -0.238. The summed E-state index contributed by atoms with van der Waals surface area (Å²) in [4.78, 5) is 37.8. The first-order valence-corrected chi connectivity index (χ1v) is 8.55. The van der Waals surface area contributed by atoms with Gasteiger partial charge in [0.1, 0.15) is 6.54 Å². The Labute approximate surface area is 152 Å². The van der Waals surface area contributed by atoms with Crippen LogP contribution < -0.4 is 15.5 Å². The number of anilines is 2. The molecule has 0 aromatic heterocycles. The molecule has 2 N–H and O–H groups in total. The summed E-state index contributed by atoms with van der Waals surface area (Å²) in [5, 5.41) is 5.58. The number of carbonyl (C=O) groups excluding carboxylic acids is 3. The highest BCUT2D eigenvalue weighted by atomic mass is 16.2. The molecule has 6 heteroatoms. The van der Waals surface area contributed by atoms with Crippen molar-refractivity contribution in [1.82, 2.24) is 5.32 Å². The Bertz CT molecular complexity index is 848. The van der Waals surface area contributed by atoms with Crippen molar-refractivity contribution in [2.24, 2.45) is 0 Å². The van der Waals surface area contributed by atoms with Crippen LogP contribution in [0.2, 0.25) is 0 Å². The highest BCUT2D eigenvalue weighted by Gasteiger charge is 2.26. The van der Waals surface area contributed by atoms with E-state index in [1.54, 1.807) is 18.2 Å². The Hall–Kier alpha value is -3.15. The normalized spacial score (nSPS) is 13.0. The average Bonchev–Trinajstić information content (AvgIpc) is 2.64. The molecular formula is C20H21N3O3. The van der Waals surface area contributed by atoms with E-state index in [0.717, 1.165) is 11.1 Å². The van der Waals surface area contributed by atoms with E-state index in [9.17, 15) is 14.4 Å². The summed E-state index contributed by atoms with van der Waals surface area (Å²) < 4.78 is 0. The van der Waals surface area contributed by atoms with Crippen molar-refractivity contribution in [2.45, 2.75) is 26.3 Å². The third-order valence-electron chi connectivity index (χ3n) is 4.37. The summed E-state index contributed by atoms with van der Waals surface area (Å²) in [6.45, 7) is 2.40. The van der Waals surface area contributed by atoms with Gasteiger partial charge in [0.15, 0.2) is 0 Å². The van der Waals surface area contributed by atoms with Gasteiger partial charge in [0, 0.05) is 19.4 Å². The lowest BCUT2D eigenvalue weighted by Gasteiger charge is -2.29. The van der Waals surface area contributed by atoms with Crippen LogP contribution in [0.5, 0.6) is 0 Å². The van der Waals surface area contributed by atoms with Crippen LogP contribution in [-0.4, -0.2) is 24.3 Å². The molecule has 2 aromatic carbocycles. The lowest BCUT2D eigenvalue weighted by atomic mass is 10.1. The molecule has 1 heterocycles. The van der Waals surface area contributed by atoms with E-state index in [2.05, 4.69) is 10.6 Å². The molecule has 134 valence electrons. The van der Waals surface area contributed by atoms with Gasteiger partial charge in [0.25, 0.3) is 0 Å². The minimum Gasteiger partial charge on any atom is -0.352 e. The van der Waals surface area contributed by atoms with E-state index in [1.807, 2.05) is 37.3 Å². The van der Waals surface area contributed by atoms with Crippen LogP contribution in [0.25, 0.3) is 0 Å². The summed E-state index contributed by atoms with van der Waals surface area (Å²) in [7, 11) is 0. The summed E-state index contributed by atoms with van der Waals surface area (Å²) in [6.07, 6.45) is 0.145. The van der Waals surface area contributed by atoms with E-state index >= 15 is 0 Å². The van der Waals surface area contributed by atoms with Crippen molar-refractivity contribution in [3.63, 3.8) is 0 Å². The molecule has 0 spiro atoms. The van der Waals surface area contributed by atoms with Gasteiger partial charge < -0.3 is 15.5 Å². The molecule has 2 aromatic rings. The molecule has 3 rings (SSSR count). The van der Waals surface area contributed by atoms with Crippen LogP contribution in [0, 0.1) is 6.92 Å². The van der Waals surface area contributed by atoms with Crippen LogP contribution in [0.3, 0.4) is 0 Å². The Morgan fingerprint density at radius 1 is 1.08 bits per heavy atom. The average molecular weight is 351 g/mol. The first-order valence-electron chi connectivity index (χ1n) is 8.55. The summed E-state index contributed by atoms with van der Waals surface area (Å²) in [5.74, 6) is -0.657. The van der Waals surface area contributed by atoms with Crippen LogP contribution in [0.1, 0.15) is 24.0 Å². The summed E-state index contributed by atoms with van der Waals surface area (Å²) >= 11 is 0. The Morgan fingerprint density at radius 2 is 1.81 bits per heavy atom. The van der Waals surface area contributed by atoms with E-state index in [4.69, 9.17) is 0 Å². The number of benzene rings is 2. The molecule has 1 aliphatic heterocycles. The van der Waals surface area contributed by atoms with E-state index < -0.39 is 0 Å². The number of hydrogen-bond acceptors (Lipinski definition) is 3. The maximum Gasteiger partial charge on any atom is 0.244 e. The van der Waals surface area contributed by atoms with Crippen LogP contribution in [-0.2, 0) is 20.9 Å². The van der Waals surface area contributed by atoms with E-state index in [0.29, 0.717) is 17.9 Å². The van der Waals surface area contributed by atoms with Gasteiger partial charge >= 0.3 is 0 Å². The molecule has 3 amide bonds. The zero-order valence-electron chi connectivity index (χ0n) is 14.6. The smallest absolute Gasteiger partial charge is 0.244 e. The number of fused-ring (bicyclic) bond motifs is 1. The fraction of sp³-hybridized carbons (Fsp3) is 0.250. The van der Waals surface area contributed by atoms with Crippen molar-refractivity contribution < 1.29 is 14.4 Å². The topological polar surface area (TPSA) is 78.5 Å². The Kier molecular flexibility index (Phi) is 5.31. The van der Waals surface area contributed by atoms with Gasteiger partial charge in [-0.3, -0.25) is 14.4 Å². The standard InChI is InChI=1S/C20H21N3O3/c1-14-6-2-3-7-15(14)12-21-18(24)10-11-20(26)23-13-19(25)22-16-8-4-5-9-17(16)23/h2-9H,10-13H2,1H3,(H,21,24)(H,22,25). The van der Waals surface area contributed by atoms with Crippen molar-refractivity contribution in [3.8, 4) is 0 Å². The second kappa shape index (κ2) is 7.82. The molecule has 0 saturated carbocycles. The van der Waals surface area contributed by atoms with Gasteiger partial charge in [-0.25, -0.2) is 0 Å². The molecule has 1 aliphatic rings. The van der Waals surface area contributed by atoms with Gasteiger partial charge in [-0.2, -0.15) is 0 Å². The lowest BCUT2D eigenvalue weighted by Crippen LogP contribution is -2.42. The van der Waals surface area contributed by atoms with Crippen molar-refractivity contribution in [2.75, 3.05) is 16.8 Å². The van der Waals surface area contributed by atoms with Gasteiger partial charge in [-0.1, -0.05) is 36.4 Å². The number of hydrogen-bond donors (Lipinski definition) is 2. The van der Waals surface area contributed by atoms with Crippen LogP contribution in [0.4, 0.5) is 11.4 Å². The number of amides is 3. The third kappa shape index (κ3) is 4.08. The van der Waals surface area contributed by atoms with Gasteiger partial charge in [-0.15, -0.1) is 0 Å². The number of aryl methyl sites for hydroxylation is 1. The number of nitrogens with zero attached hydrogens (tertiary/aromatic N) is 1. The second-order valence-corrected chi connectivity index (χ2v) is 6.25. The maximum absolute atomic E-state index is 12.5. The van der Waals surface area contributed by atoms with Gasteiger partial charge in [0.05, 0.1) is 11.4 Å². The van der Waals surface area contributed by atoms with Crippen molar-refractivity contribution >= 4 is 29.1 Å². The zero-order chi connectivity index (χ0) is 18.5. The number of rotatable bonds is 5. The number of para-hydroxylation sites is 2. The zero-order valence-corrected chi connectivity index (χ0v) is 14.6. The van der Waals surface area contributed by atoms with Crippen molar-refractivity contribution in [3.05, 3.63) is 59.7 Å². The Morgan fingerprint density at radius 3 is 2.62 bits per heavy atom. The molecule has 0 unspecified atom stereocenters. The third-order valence-corrected chi connectivity index (χ3v) is 4.37. The predicted molar refractivity (Wildman–Crippen MR) is 99.7 cm³/mol. The van der Waals surface area contributed by atoms with E-state index in [-0.39, 0.29) is 37.1 Å². The highest BCUT2D eigenvalue weighted by molar-refractivity contribution is 6.10. The first-order chi connectivity index (χ1) is 12.5. The molecule has 26 heavy (non-hydrogen) atoms.